The molecule has 1 aliphatic carbocycles. The van der Waals surface area contributed by atoms with Crippen LogP contribution in [0.1, 0.15) is 45.7 Å². The van der Waals surface area contributed by atoms with Crippen LogP contribution in [0.5, 0.6) is 0 Å². The molecule has 0 fully saturated rings. The van der Waals surface area contributed by atoms with Crippen molar-refractivity contribution in [3.8, 4) is 27.9 Å². The fraction of sp³-hybridized carbons (Fsp3) is 0.0566. The Bertz CT molecular complexity index is 3200. The maximum Gasteiger partial charge on any atom is 0.0629 e. The van der Waals surface area contributed by atoms with Gasteiger partial charge in [-0.25, -0.2) is 0 Å². The SMILES string of the molecule is [2H]/C(=C(/[2H])c1ccc2c(c1)C(C)(C)c1c-2ccc2c3cc(-c4c([2H])c([2H])c([2H])c([2H])c4[2H])ccc3n(-c3ccccc3)c12)c1ccc(N(c2ccccc2)c2ccccc2)cc1. The zero-order chi connectivity index (χ0) is 43.0. The van der Waals surface area contributed by atoms with E-state index in [1.54, 1.807) is 0 Å². The van der Waals surface area contributed by atoms with Gasteiger partial charge in [-0.15, -0.1) is 0 Å². The van der Waals surface area contributed by atoms with Crippen LogP contribution in [0.3, 0.4) is 0 Å². The van der Waals surface area contributed by atoms with Gasteiger partial charge in [0, 0.05) is 38.9 Å². The molecular weight excluding hydrogens is 665 g/mol. The molecule has 55 heavy (non-hydrogen) atoms. The summed E-state index contributed by atoms with van der Waals surface area (Å²) in [5, 5.41) is 1.88. The lowest BCUT2D eigenvalue weighted by Crippen LogP contribution is -2.16. The number of benzene rings is 8. The van der Waals surface area contributed by atoms with Crippen LogP contribution < -0.4 is 4.90 Å². The highest BCUT2D eigenvalue weighted by Gasteiger charge is 2.38. The molecule has 0 saturated carbocycles. The molecule has 2 nitrogen and oxygen atoms in total. The van der Waals surface area contributed by atoms with Gasteiger partial charge >= 0.3 is 0 Å². The second kappa shape index (κ2) is 13.2. The van der Waals surface area contributed by atoms with E-state index < -0.39 is 11.5 Å². The summed E-state index contributed by atoms with van der Waals surface area (Å²) in [6, 6.07) is 53.2. The molecule has 0 spiro atoms. The van der Waals surface area contributed by atoms with Gasteiger partial charge in [-0.05, 0) is 105 Å². The van der Waals surface area contributed by atoms with Crippen LogP contribution in [0.4, 0.5) is 17.1 Å². The Hall–Kier alpha value is -6.90. The number of nitrogens with zero attached hydrogens (tertiary/aromatic N) is 2. The van der Waals surface area contributed by atoms with E-state index in [0.717, 1.165) is 66.8 Å². The molecule has 9 aromatic rings. The zero-order valence-electron chi connectivity index (χ0n) is 37.5. The highest BCUT2D eigenvalue weighted by molar-refractivity contribution is 6.14. The van der Waals surface area contributed by atoms with Crippen LogP contribution >= 0.6 is 0 Å². The number of hydrogen-bond acceptors (Lipinski definition) is 1. The summed E-state index contributed by atoms with van der Waals surface area (Å²) in [6.07, 6.45) is 0. The largest absolute Gasteiger partial charge is 0.311 e. The molecule has 0 bridgehead atoms. The topological polar surface area (TPSA) is 8.17 Å². The Balaban J connectivity index is 1.08. The Morgan fingerprint density at radius 3 is 1.84 bits per heavy atom. The van der Waals surface area contributed by atoms with Crippen molar-refractivity contribution in [3.63, 3.8) is 0 Å². The van der Waals surface area contributed by atoms with Crippen molar-refractivity contribution in [1.29, 1.82) is 0 Å². The summed E-state index contributed by atoms with van der Waals surface area (Å²) in [4.78, 5) is 2.17. The molecule has 8 aromatic carbocycles. The normalized spacial score (nSPS) is 15.1. The molecular formula is C53H40N2. The van der Waals surface area contributed by atoms with E-state index in [0.29, 0.717) is 16.7 Å². The summed E-state index contributed by atoms with van der Waals surface area (Å²) in [6.45, 7) is 4.43. The van der Waals surface area contributed by atoms with Gasteiger partial charge in [0.2, 0.25) is 0 Å². The molecule has 262 valence electrons. The minimum absolute atomic E-state index is 0.136. The van der Waals surface area contributed by atoms with Crippen molar-refractivity contribution in [2.45, 2.75) is 19.3 Å². The molecule has 0 radical (unpaired) electrons. The van der Waals surface area contributed by atoms with Gasteiger partial charge in [0.15, 0.2) is 0 Å². The molecule has 0 saturated heterocycles. The van der Waals surface area contributed by atoms with E-state index in [-0.39, 0.29) is 41.8 Å². The molecule has 2 heteroatoms. The number of hydrogen-bond donors (Lipinski definition) is 0. The van der Waals surface area contributed by atoms with E-state index in [1.165, 1.54) is 0 Å². The Morgan fingerprint density at radius 2 is 1.15 bits per heavy atom. The van der Waals surface area contributed by atoms with Crippen LogP contribution in [0.15, 0.2) is 194 Å². The van der Waals surface area contributed by atoms with Crippen molar-refractivity contribution >= 4 is 51.0 Å². The monoisotopic (exact) mass is 711 g/mol. The lowest BCUT2D eigenvalue weighted by Gasteiger charge is -2.25. The van der Waals surface area contributed by atoms with Gasteiger partial charge in [-0.3, -0.25) is 0 Å². The predicted octanol–water partition coefficient (Wildman–Crippen LogP) is 14.4. The van der Waals surface area contributed by atoms with E-state index in [2.05, 4.69) is 84.0 Å². The van der Waals surface area contributed by atoms with E-state index in [9.17, 15) is 2.74 Å². The van der Waals surface area contributed by atoms with Crippen molar-refractivity contribution in [2.24, 2.45) is 0 Å². The fourth-order valence-corrected chi connectivity index (χ4v) is 8.31. The number of para-hydroxylation sites is 3. The first-order chi connectivity index (χ1) is 30.0. The maximum atomic E-state index is 9.34. The minimum atomic E-state index is -0.515. The highest BCUT2D eigenvalue weighted by atomic mass is 15.1. The van der Waals surface area contributed by atoms with Gasteiger partial charge in [0.1, 0.15) is 0 Å². The average molecular weight is 712 g/mol. The third kappa shape index (κ3) is 5.57. The van der Waals surface area contributed by atoms with Crippen LogP contribution in [0, 0.1) is 0 Å². The fourth-order valence-electron chi connectivity index (χ4n) is 8.31. The van der Waals surface area contributed by atoms with Crippen LogP contribution in [0.25, 0.3) is 61.9 Å². The number of rotatable bonds is 7. The molecule has 1 aliphatic rings. The molecule has 10 rings (SSSR count). The van der Waals surface area contributed by atoms with E-state index in [4.69, 9.17) is 6.85 Å². The van der Waals surface area contributed by atoms with Crippen molar-refractivity contribution in [1.82, 2.24) is 4.57 Å². The van der Waals surface area contributed by atoms with Crippen LogP contribution in [-0.4, -0.2) is 4.57 Å². The van der Waals surface area contributed by atoms with Gasteiger partial charge in [0.05, 0.1) is 20.6 Å². The number of anilines is 3. The van der Waals surface area contributed by atoms with E-state index in [1.807, 2.05) is 103 Å². The summed E-state index contributed by atoms with van der Waals surface area (Å²) < 4.78 is 63.1. The first kappa shape index (κ1) is 26.0. The standard InChI is InChI=1S/C53H40N2/c1-53(2)49-35-38(24-23-37-25-29-44(30-26-37)54(41-17-9-4-10-18-41)42-19-11-5-12-20-42)27-31-45(49)46-32-33-47-48-36-40(39-15-7-3-8-16-39)28-34-50(48)55(52(47)51(46)53)43-21-13-6-14-22-43/h3-36H,1-2H3/b24-23+/i3D,7D,8D,15D,16D,23D,24D. The summed E-state index contributed by atoms with van der Waals surface area (Å²) >= 11 is 0. The smallest absolute Gasteiger partial charge is 0.0629 e. The quantitative estimate of drug-likeness (QED) is 0.149. The molecule has 1 heterocycles. The van der Waals surface area contributed by atoms with Crippen LogP contribution in [-0.2, 0) is 5.41 Å². The van der Waals surface area contributed by atoms with Gasteiger partial charge < -0.3 is 9.47 Å². The van der Waals surface area contributed by atoms with Crippen molar-refractivity contribution in [3.05, 3.63) is 216 Å². The average Bonchev–Trinajstić information content (AvgIpc) is 3.75. The molecule has 0 unspecified atom stereocenters. The van der Waals surface area contributed by atoms with Gasteiger partial charge in [-0.2, -0.15) is 0 Å². The minimum Gasteiger partial charge on any atom is -0.311 e. The third-order valence-electron chi connectivity index (χ3n) is 10.8. The van der Waals surface area contributed by atoms with Crippen molar-refractivity contribution in [2.75, 3.05) is 4.90 Å². The van der Waals surface area contributed by atoms with E-state index >= 15 is 0 Å². The van der Waals surface area contributed by atoms with Crippen molar-refractivity contribution < 1.29 is 9.60 Å². The summed E-state index contributed by atoms with van der Waals surface area (Å²) in [5.74, 6) is 0. The van der Waals surface area contributed by atoms with Crippen LogP contribution in [0.2, 0.25) is 0 Å². The molecule has 0 aliphatic heterocycles. The number of fused-ring (bicyclic) bond motifs is 7. The Labute approximate surface area is 332 Å². The molecule has 1 aromatic heterocycles. The summed E-state index contributed by atoms with van der Waals surface area (Å²) in [7, 11) is 0. The number of aromatic nitrogens is 1. The second-order valence-corrected chi connectivity index (χ2v) is 14.5. The second-order valence-electron chi connectivity index (χ2n) is 14.5. The van der Waals surface area contributed by atoms with Gasteiger partial charge in [-0.1, -0.05) is 159 Å². The summed E-state index contributed by atoms with van der Waals surface area (Å²) in [5.41, 5.74) is 11.8. The lowest BCUT2D eigenvalue weighted by atomic mass is 9.81. The highest BCUT2D eigenvalue weighted by Crippen LogP contribution is 2.53. The Kier molecular flexibility index (Phi) is 6.23. The van der Waals surface area contributed by atoms with Gasteiger partial charge in [0.25, 0.3) is 0 Å². The predicted molar refractivity (Wildman–Crippen MR) is 234 cm³/mol. The molecule has 0 N–H and O–H groups in total. The zero-order valence-corrected chi connectivity index (χ0v) is 30.5. The first-order valence-corrected chi connectivity index (χ1v) is 18.5. The lowest BCUT2D eigenvalue weighted by molar-refractivity contribution is 0.663. The maximum absolute atomic E-state index is 9.34. The molecule has 0 atom stereocenters. The Morgan fingerprint density at radius 1 is 0.545 bits per heavy atom. The molecule has 0 amide bonds. The third-order valence-corrected chi connectivity index (χ3v) is 10.8. The first-order valence-electron chi connectivity index (χ1n) is 22.0.